The van der Waals surface area contributed by atoms with E-state index in [4.69, 9.17) is 5.73 Å². The van der Waals surface area contributed by atoms with Gasteiger partial charge in [-0.05, 0) is 49.1 Å². The van der Waals surface area contributed by atoms with E-state index in [-0.39, 0.29) is 6.04 Å². The molecule has 0 amide bonds. The molecule has 1 aliphatic carbocycles. The molecule has 1 heterocycles. The summed E-state index contributed by atoms with van der Waals surface area (Å²) < 4.78 is 0. The molecule has 2 nitrogen and oxygen atoms in total. The predicted molar refractivity (Wildman–Crippen MR) is 84.6 cm³/mol. The molecule has 2 unspecified atom stereocenters. The standard InChI is InChI=1S/C16H28N2S/c1-5-14(17)15(16-12(4)8-9-19-16)18(10-11(2)3)13-6-7-13/h8-9,11,13-15H,5-7,10,17H2,1-4H3. The van der Waals surface area contributed by atoms with E-state index >= 15 is 0 Å². The summed E-state index contributed by atoms with van der Waals surface area (Å²) in [6.07, 6.45) is 3.75. The molecule has 2 rings (SSSR count). The van der Waals surface area contributed by atoms with Crippen molar-refractivity contribution in [1.82, 2.24) is 4.90 Å². The second-order valence-electron chi connectivity index (χ2n) is 6.31. The number of thiophene rings is 1. The Bertz CT molecular complexity index is 395. The number of hydrogen-bond acceptors (Lipinski definition) is 3. The van der Waals surface area contributed by atoms with Crippen LogP contribution in [0.1, 0.15) is 56.5 Å². The molecular formula is C16H28N2S. The van der Waals surface area contributed by atoms with Gasteiger partial charge in [0.1, 0.15) is 0 Å². The first-order valence-electron chi connectivity index (χ1n) is 7.59. The molecule has 1 fully saturated rings. The summed E-state index contributed by atoms with van der Waals surface area (Å²) in [7, 11) is 0. The fraction of sp³-hybridized carbons (Fsp3) is 0.750. The average molecular weight is 280 g/mol. The quantitative estimate of drug-likeness (QED) is 0.819. The van der Waals surface area contributed by atoms with Gasteiger partial charge in [0, 0.05) is 23.5 Å². The number of nitrogens with zero attached hydrogens (tertiary/aromatic N) is 1. The van der Waals surface area contributed by atoms with E-state index < -0.39 is 0 Å². The van der Waals surface area contributed by atoms with Gasteiger partial charge in [-0.2, -0.15) is 0 Å². The van der Waals surface area contributed by atoms with Gasteiger partial charge >= 0.3 is 0 Å². The molecule has 0 aromatic carbocycles. The average Bonchev–Trinajstić information content (AvgIpc) is 3.12. The fourth-order valence-electron chi connectivity index (χ4n) is 2.82. The van der Waals surface area contributed by atoms with Gasteiger partial charge in [-0.3, -0.25) is 4.90 Å². The Hall–Kier alpha value is -0.380. The molecule has 1 aromatic rings. The minimum absolute atomic E-state index is 0.247. The number of rotatable bonds is 7. The van der Waals surface area contributed by atoms with Crippen molar-refractivity contribution in [2.45, 2.75) is 65.1 Å². The number of aryl methyl sites for hydroxylation is 1. The molecule has 3 heteroatoms. The van der Waals surface area contributed by atoms with E-state index in [1.165, 1.54) is 29.8 Å². The molecule has 2 N–H and O–H groups in total. The van der Waals surface area contributed by atoms with Gasteiger partial charge in [-0.25, -0.2) is 0 Å². The monoisotopic (exact) mass is 280 g/mol. The van der Waals surface area contributed by atoms with E-state index in [2.05, 4.69) is 44.0 Å². The van der Waals surface area contributed by atoms with Crippen LogP contribution in [0, 0.1) is 12.8 Å². The molecule has 1 saturated carbocycles. The molecule has 1 aromatic heterocycles. The lowest BCUT2D eigenvalue weighted by Crippen LogP contribution is -2.43. The van der Waals surface area contributed by atoms with E-state index in [1.807, 2.05) is 11.3 Å². The van der Waals surface area contributed by atoms with Gasteiger partial charge in [-0.15, -0.1) is 11.3 Å². The van der Waals surface area contributed by atoms with Gasteiger partial charge in [0.05, 0.1) is 6.04 Å². The van der Waals surface area contributed by atoms with Crippen molar-refractivity contribution < 1.29 is 0 Å². The second-order valence-corrected chi connectivity index (χ2v) is 7.25. The summed E-state index contributed by atoms with van der Waals surface area (Å²) in [5, 5.41) is 2.21. The van der Waals surface area contributed by atoms with E-state index in [9.17, 15) is 0 Å². The molecule has 2 atom stereocenters. The van der Waals surface area contributed by atoms with Crippen LogP contribution in [-0.2, 0) is 0 Å². The van der Waals surface area contributed by atoms with E-state index in [0.29, 0.717) is 12.0 Å². The topological polar surface area (TPSA) is 29.3 Å². The van der Waals surface area contributed by atoms with Crippen molar-refractivity contribution in [3.05, 3.63) is 21.9 Å². The lowest BCUT2D eigenvalue weighted by atomic mass is 9.99. The highest BCUT2D eigenvalue weighted by molar-refractivity contribution is 7.10. The highest BCUT2D eigenvalue weighted by atomic mass is 32.1. The van der Waals surface area contributed by atoms with Crippen LogP contribution in [0.25, 0.3) is 0 Å². The van der Waals surface area contributed by atoms with Crippen LogP contribution < -0.4 is 5.73 Å². The third-order valence-electron chi connectivity index (χ3n) is 4.00. The maximum Gasteiger partial charge on any atom is 0.0598 e. The molecule has 0 spiro atoms. The van der Waals surface area contributed by atoms with Crippen molar-refractivity contribution in [3.63, 3.8) is 0 Å². The van der Waals surface area contributed by atoms with Crippen molar-refractivity contribution in [1.29, 1.82) is 0 Å². The zero-order chi connectivity index (χ0) is 14.0. The molecule has 108 valence electrons. The second kappa shape index (κ2) is 6.38. The summed E-state index contributed by atoms with van der Waals surface area (Å²) >= 11 is 1.88. The Balaban J connectivity index is 2.27. The van der Waals surface area contributed by atoms with Gasteiger partial charge in [0.2, 0.25) is 0 Å². The van der Waals surface area contributed by atoms with Crippen LogP contribution in [0.4, 0.5) is 0 Å². The normalized spacial score (nSPS) is 19.1. The summed E-state index contributed by atoms with van der Waals surface area (Å²) in [5.74, 6) is 0.701. The molecule has 0 bridgehead atoms. The van der Waals surface area contributed by atoms with E-state index in [0.717, 1.165) is 12.5 Å². The first-order chi connectivity index (χ1) is 9.04. The lowest BCUT2D eigenvalue weighted by molar-refractivity contribution is 0.143. The Morgan fingerprint density at radius 3 is 2.53 bits per heavy atom. The fourth-order valence-corrected chi connectivity index (χ4v) is 3.94. The summed E-state index contributed by atoms with van der Waals surface area (Å²) in [6.45, 7) is 10.2. The van der Waals surface area contributed by atoms with Crippen LogP contribution in [0.2, 0.25) is 0 Å². The van der Waals surface area contributed by atoms with Crippen molar-refractivity contribution >= 4 is 11.3 Å². The molecular weight excluding hydrogens is 252 g/mol. The maximum atomic E-state index is 6.48. The molecule has 19 heavy (non-hydrogen) atoms. The van der Waals surface area contributed by atoms with Crippen LogP contribution in [0.15, 0.2) is 11.4 Å². The zero-order valence-electron chi connectivity index (χ0n) is 12.7. The first-order valence-corrected chi connectivity index (χ1v) is 8.47. The van der Waals surface area contributed by atoms with Crippen LogP contribution in [0.3, 0.4) is 0 Å². The summed E-state index contributed by atoms with van der Waals surface area (Å²) in [4.78, 5) is 4.18. The Morgan fingerprint density at radius 2 is 2.11 bits per heavy atom. The van der Waals surface area contributed by atoms with Gasteiger partial charge < -0.3 is 5.73 Å². The van der Waals surface area contributed by atoms with Gasteiger partial charge in [-0.1, -0.05) is 20.8 Å². The van der Waals surface area contributed by atoms with Gasteiger partial charge in [0.25, 0.3) is 0 Å². The zero-order valence-corrected chi connectivity index (χ0v) is 13.5. The first kappa shape index (κ1) is 15.0. The van der Waals surface area contributed by atoms with Gasteiger partial charge in [0.15, 0.2) is 0 Å². The minimum atomic E-state index is 0.247. The summed E-state index contributed by atoms with van der Waals surface area (Å²) in [6, 6.07) is 3.67. The Kier molecular flexibility index (Phi) is 5.04. The van der Waals surface area contributed by atoms with E-state index in [1.54, 1.807) is 0 Å². The molecule has 0 radical (unpaired) electrons. The number of nitrogens with two attached hydrogens (primary N) is 1. The SMILES string of the molecule is CCC(N)C(c1sccc1C)N(CC(C)C)C1CC1. The van der Waals surface area contributed by atoms with Crippen molar-refractivity contribution in [2.24, 2.45) is 11.7 Å². The smallest absolute Gasteiger partial charge is 0.0598 e. The van der Waals surface area contributed by atoms with Crippen LogP contribution in [0.5, 0.6) is 0 Å². The maximum absolute atomic E-state index is 6.48. The van der Waals surface area contributed by atoms with Crippen LogP contribution in [-0.4, -0.2) is 23.5 Å². The molecule has 0 aliphatic heterocycles. The highest BCUT2D eigenvalue weighted by Gasteiger charge is 2.38. The lowest BCUT2D eigenvalue weighted by Gasteiger charge is -2.36. The third kappa shape index (κ3) is 3.59. The Labute approximate surface area is 122 Å². The largest absolute Gasteiger partial charge is 0.326 e. The van der Waals surface area contributed by atoms with Crippen molar-refractivity contribution in [3.8, 4) is 0 Å². The van der Waals surface area contributed by atoms with Crippen LogP contribution >= 0.6 is 11.3 Å². The number of hydrogen-bond donors (Lipinski definition) is 1. The Morgan fingerprint density at radius 1 is 1.42 bits per heavy atom. The summed E-state index contributed by atoms with van der Waals surface area (Å²) in [5.41, 5.74) is 7.89. The third-order valence-corrected chi connectivity index (χ3v) is 5.09. The minimum Gasteiger partial charge on any atom is -0.326 e. The van der Waals surface area contributed by atoms with Crippen molar-refractivity contribution in [2.75, 3.05) is 6.54 Å². The molecule has 1 aliphatic rings. The predicted octanol–water partition coefficient (Wildman–Crippen LogP) is 3.96. The molecule has 0 saturated heterocycles. The highest BCUT2D eigenvalue weighted by Crippen LogP contribution is 2.39.